The third-order valence-corrected chi connectivity index (χ3v) is 4.95. The van der Waals surface area contributed by atoms with Crippen LogP contribution in [0.4, 0.5) is 0 Å². The van der Waals surface area contributed by atoms with Crippen LogP contribution >= 0.6 is 11.8 Å². The van der Waals surface area contributed by atoms with Crippen LogP contribution in [-0.2, 0) is 11.2 Å². The van der Waals surface area contributed by atoms with Crippen LogP contribution in [-0.4, -0.2) is 23.1 Å². The van der Waals surface area contributed by atoms with Gasteiger partial charge in [0.2, 0.25) is 5.91 Å². The average Bonchev–Trinajstić information content (AvgIpc) is 3.05. The topological polar surface area (TPSA) is 33.5 Å². The number of hydrogen-bond acceptors (Lipinski definition) is 3. The molecule has 0 spiro atoms. The first kappa shape index (κ1) is 14.3. The van der Waals surface area contributed by atoms with Gasteiger partial charge in [-0.1, -0.05) is 29.8 Å². The summed E-state index contributed by atoms with van der Waals surface area (Å²) in [7, 11) is 0. The standard InChI is InChI=1S/C17H19NO2S/c1-12-3-6-14(7-4-12)9-10-18-16(19)11-21-17(18)15-8-5-13(2)20-15/h3-8,17H,9-11H2,1-2H3/t17-/m1/s1. The van der Waals surface area contributed by atoms with Crippen molar-refractivity contribution in [3.05, 3.63) is 59.0 Å². The quantitative estimate of drug-likeness (QED) is 0.863. The molecule has 21 heavy (non-hydrogen) atoms. The Kier molecular flexibility index (Phi) is 4.06. The van der Waals surface area contributed by atoms with Gasteiger partial charge < -0.3 is 9.32 Å². The van der Waals surface area contributed by atoms with Crippen LogP contribution in [0.2, 0.25) is 0 Å². The highest BCUT2D eigenvalue weighted by atomic mass is 32.2. The van der Waals surface area contributed by atoms with Crippen molar-refractivity contribution in [1.82, 2.24) is 4.90 Å². The first-order valence-electron chi connectivity index (χ1n) is 7.16. The Labute approximate surface area is 129 Å². The fourth-order valence-corrected chi connectivity index (χ4v) is 3.68. The van der Waals surface area contributed by atoms with Crippen molar-refractivity contribution < 1.29 is 9.21 Å². The Bertz CT molecular complexity index is 632. The lowest BCUT2D eigenvalue weighted by Gasteiger charge is -2.22. The van der Waals surface area contributed by atoms with E-state index in [-0.39, 0.29) is 11.3 Å². The van der Waals surface area contributed by atoms with Crippen molar-refractivity contribution in [2.24, 2.45) is 0 Å². The summed E-state index contributed by atoms with van der Waals surface area (Å²) < 4.78 is 5.70. The van der Waals surface area contributed by atoms with Gasteiger partial charge >= 0.3 is 0 Å². The van der Waals surface area contributed by atoms with E-state index in [1.54, 1.807) is 11.8 Å². The second-order valence-corrected chi connectivity index (χ2v) is 6.50. The zero-order valence-corrected chi connectivity index (χ0v) is 13.2. The van der Waals surface area contributed by atoms with Crippen LogP contribution in [0.15, 0.2) is 40.8 Å². The molecule has 2 heterocycles. The zero-order chi connectivity index (χ0) is 14.8. The summed E-state index contributed by atoms with van der Waals surface area (Å²) in [5.74, 6) is 2.51. The first-order chi connectivity index (χ1) is 10.1. The summed E-state index contributed by atoms with van der Waals surface area (Å²) in [6.45, 7) is 4.75. The average molecular weight is 301 g/mol. The largest absolute Gasteiger partial charge is 0.463 e. The van der Waals surface area contributed by atoms with E-state index in [0.717, 1.165) is 24.5 Å². The van der Waals surface area contributed by atoms with Crippen molar-refractivity contribution in [2.45, 2.75) is 25.6 Å². The summed E-state index contributed by atoms with van der Waals surface area (Å²) in [4.78, 5) is 14.0. The highest BCUT2D eigenvalue weighted by molar-refractivity contribution is 8.00. The highest BCUT2D eigenvalue weighted by Gasteiger charge is 2.34. The van der Waals surface area contributed by atoms with E-state index < -0.39 is 0 Å². The molecule has 0 aliphatic carbocycles. The van der Waals surface area contributed by atoms with Crippen LogP contribution in [0.5, 0.6) is 0 Å². The molecule has 0 unspecified atom stereocenters. The van der Waals surface area contributed by atoms with Gasteiger partial charge in [-0.15, -0.1) is 11.8 Å². The van der Waals surface area contributed by atoms with E-state index in [0.29, 0.717) is 5.75 Å². The highest BCUT2D eigenvalue weighted by Crippen LogP contribution is 2.39. The molecule has 3 nitrogen and oxygen atoms in total. The third kappa shape index (κ3) is 3.16. The first-order valence-corrected chi connectivity index (χ1v) is 8.21. The lowest BCUT2D eigenvalue weighted by atomic mass is 10.1. The molecule has 1 aliphatic heterocycles. The Morgan fingerprint density at radius 2 is 1.95 bits per heavy atom. The van der Waals surface area contributed by atoms with Gasteiger partial charge in [0.15, 0.2) is 0 Å². The SMILES string of the molecule is Cc1ccc(CCN2C(=O)CS[C@@H]2c2ccc(C)o2)cc1. The van der Waals surface area contributed by atoms with Crippen molar-refractivity contribution >= 4 is 17.7 Å². The Morgan fingerprint density at radius 3 is 2.62 bits per heavy atom. The molecule has 3 rings (SSSR count). The number of carbonyl (C=O) groups excluding carboxylic acids is 1. The molecule has 110 valence electrons. The number of rotatable bonds is 4. The van der Waals surface area contributed by atoms with Crippen LogP contribution in [0.25, 0.3) is 0 Å². The van der Waals surface area contributed by atoms with Gasteiger partial charge in [-0.05, 0) is 38.0 Å². The molecule has 1 fully saturated rings. The molecule has 1 aromatic carbocycles. The predicted molar refractivity (Wildman–Crippen MR) is 85.2 cm³/mol. The number of furan rings is 1. The van der Waals surface area contributed by atoms with E-state index in [9.17, 15) is 4.79 Å². The minimum Gasteiger partial charge on any atom is -0.463 e. The number of nitrogens with zero attached hydrogens (tertiary/aromatic N) is 1. The number of thioether (sulfide) groups is 1. The summed E-state index contributed by atoms with van der Waals surface area (Å²) in [6, 6.07) is 12.4. The van der Waals surface area contributed by atoms with Crippen molar-refractivity contribution in [3.63, 3.8) is 0 Å². The number of benzene rings is 1. The van der Waals surface area contributed by atoms with E-state index in [4.69, 9.17) is 4.42 Å². The molecule has 0 radical (unpaired) electrons. The van der Waals surface area contributed by atoms with E-state index >= 15 is 0 Å². The molecule has 1 aromatic heterocycles. The maximum Gasteiger partial charge on any atom is 0.233 e. The summed E-state index contributed by atoms with van der Waals surface area (Å²) in [6.07, 6.45) is 0.878. The number of amides is 1. The Balaban J connectivity index is 1.70. The number of carbonyl (C=O) groups is 1. The third-order valence-electron chi connectivity index (χ3n) is 3.73. The molecule has 1 saturated heterocycles. The molecule has 1 amide bonds. The summed E-state index contributed by atoms with van der Waals surface area (Å²) >= 11 is 1.65. The second-order valence-electron chi connectivity index (χ2n) is 5.43. The molecule has 0 N–H and O–H groups in total. The maximum atomic E-state index is 12.1. The van der Waals surface area contributed by atoms with Gasteiger partial charge in [0.25, 0.3) is 0 Å². The Morgan fingerprint density at radius 1 is 1.19 bits per heavy atom. The Hall–Kier alpha value is -1.68. The molecular formula is C17H19NO2S. The van der Waals surface area contributed by atoms with Gasteiger partial charge in [0.1, 0.15) is 16.9 Å². The summed E-state index contributed by atoms with van der Waals surface area (Å²) in [5.41, 5.74) is 2.52. The van der Waals surface area contributed by atoms with E-state index in [1.807, 2.05) is 24.0 Å². The molecule has 1 aliphatic rings. The van der Waals surface area contributed by atoms with Crippen LogP contribution < -0.4 is 0 Å². The fourth-order valence-electron chi connectivity index (χ4n) is 2.52. The molecule has 2 aromatic rings. The van der Waals surface area contributed by atoms with Gasteiger partial charge in [-0.2, -0.15) is 0 Å². The number of aryl methyl sites for hydroxylation is 2. The van der Waals surface area contributed by atoms with Gasteiger partial charge in [0, 0.05) is 6.54 Å². The lowest BCUT2D eigenvalue weighted by molar-refractivity contribution is -0.128. The van der Waals surface area contributed by atoms with Gasteiger partial charge in [-0.25, -0.2) is 0 Å². The normalized spacial score (nSPS) is 18.5. The maximum absolute atomic E-state index is 12.1. The van der Waals surface area contributed by atoms with E-state index in [1.165, 1.54) is 11.1 Å². The van der Waals surface area contributed by atoms with E-state index in [2.05, 4.69) is 31.2 Å². The van der Waals surface area contributed by atoms with Crippen LogP contribution in [0.1, 0.15) is 28.0 Å². The molecule has 0 bridgehead atoms. The molecule has 1 atom stereocenters. The summed E-state index contributed by atoms with van der Waals surface area (Å²) in [5, 5.41) is 0.0247. The van der Waals surface area contributed by atoms with Crippen molar-refractivity contribution in [2.75, 3.05) is 12.3 Å². The van der Waals surface area contributed by atoms with Gasteiger partial charge in [-0.3, -0.25) is 4.79 Å². The zero-order valence-electron chi connectivity index (χ0n) is 12.3. The number of hydrogen-bond donors (Lipinski definition) is 0. The minimum absolute atomic E-state index is 0.0247. The predicted octanol–water partition coefficient (Wildman–Crippen LogP) is 3.71. The van der Waals surface area contributed by atoms with Crippen molar-refractivity contribution in [1.29, 1.82) is 0 Å². The van der Waals surface area contributed by atoms with Gasteiger partial charge in [0.05, 0.1) is 5.75 Å². The second kappa shape index (κ2) is 5.98. The fraction of sp³-hybridized carbons (Fsp3) is 0.353. The molecule has 4 heteroatoms. The van der Waals surface area contributed by atoms with Crippen LogP contribution in [0, 0.1) is 13.8 Å². The monoisotopic (exact) mass is 301 g/mol. The smallest absolute Gasteiger partial charge is 0.233 e. The van der Waals surface area contributed by atoms with Crippen molar-refractivity contribution in [3.8, 4) is 0 Å². The molecule has 0 saturated carbocycles. The molecular weight excluding hydrogens is 282 g/mol. The lowest BCUT2D eigenvalue weighted by Crippen LogP contribution is -2.30. The van der Waals surface area contributed by atoms with Crippen LogP contribution in [0.3, 0.4) is 0 Å². The minimum atomic E-state index is 0.0247.